The van der Waals surface area contributed by atoms with E-state index in [0.717, 1.165) is 11.0 Å². The van der Waals surface area contributed by atoms with Crippen LogP contribution in [-0.2, 0) is 0 Å². The number of fused-ring (bicyclic) bond motifs is 3. The second kappa shape index (κ2) is 3.74. The van der Waals surface area contributed by atoms with Crippen molar-refractivity contribution < 1.29 is 0 Å². The molecule has 3 aromatic rings. The molecule has 0 unspecified atom stereocenters. The number of aromatic nitrogens is 1. The summed E-state index contributed by atoms with van der Waals surface area (Å²) < 4.78 is 0. The molecule has 2 nitrogen and oxygen atoms in total. The lowest BCUT2D eigenvalue weighted by Gasteiger charge is -2.07. The lowest BCUT2D eigenvalue weighted by molar-refractivity contribution is 1.17. The third kappa shape index (κ3) is 1.45. The molecule has 2 heteroatoms. The standard InChI is InChI=1S/C15H14N2/c1-10-6-5-8-12-11-7-3-4-9-13(11)17-15(16-2)14(10)12/h3-9H,1-2H3,(H,16,17). The third-order valence-electron chi connectivity index (χ3n) is 3.20. The fourth-order valence-corrected chi connectivity index (χ4v) is 2.39. The van der Waals surface area contributed by atoms with E-state index in [1.165, 1.54) is 21.7 Å². The highest BCUT2D eigenvalue weighted by Crippen LogP contribution is 2.22. The van der Waals surface area contributed by atoms with E-state index in [2.05, 4.69) is 53.3 Å². The smallest absolute Gasteiger partial charge is 0.133 e. The topological polar surface area (TPSA) is 28.1 Å². The zero-order valence-corrected chi connectivity index (χ0v) is 9.99. The summed E-state index contributed by atoms with van der Waals surface area (Å²) in [5, 5.41) is 3.73. The Morgan fingerprint density at radius 2 is 1.71 bits per heavy atom. The van der Waals surface area contributed by atoms with Gasteiger partial charge in [0, 0.05) is 23.3 Å². The summed E-state index contributed by atoms with van der Waals surface area (Å²) >= 11 is 0. The van der Waals surface area contributed by atoms with Crippen molar-refractivity contribution in [1.82, 2.24) is 4.98 Å². The van der Waals surface area contributed by atoms with Gasteiger partial charge in [0.25, 0.3) is 0 Å². The zero-order chi connectivity index (χ0) is 11.8. The molecule has 0 spiro atoms. The molecule has 1 aromatic heterocycles. The Kier molecular flexibility index (Phi) is 2.22. The van der Waals surface area contributed by atoms with Crippen LogP contribution in [-0.4, -0.2) is 12.0 Å². The molecule has 2 aromatic carbocycles. The molecule has 0 amide bonds. The normalized spacial score (nSPS) is 12.5. The molecule has 1 heterocycles. The largest absolute Gasteiger partial charge is 0.340 e. The Hall–Kier alpha value is -2.09. The Balaban J connectivity index is 2.71. The fraction of sp³-hybridized carbons (Fsp3) is 0.133. The minimum absolute atomic E-state index is 0.955. The molecular weight excluding hydrogens is 208 g/mol. The fourth-order valence-electron chi connectivity index (χ4n) is 2.39. The molecule has 0 radical (unpaired) electrons. The number of hydrogen-bond acceptors (Lipinski definition) is 1. The summed E-state index contributed by atoms with van der Waals surface area (Å²) in [6.07, 6.45) is 0. The first-order valence-electron chi connectivity index (χ1n) is 5.74. The number of nitrogens with zero attached hydrogens (tertiary/aromatic N) is 1. The van der Waals surface area contributed by atoms with E-state index in [0.29, 0.717) is 0 Å². The predicted octanol–water partition coefficient (Wildman–Crippen LogP) is 3.16. The van der Waals surface area contributed by atoms with Gasteiger partial charge in [-0.15, -0.1) is 0 Å². The van der Waals surface area contributed by atoms with E-state index >= 15 is 0 Å². The van der Waals surface area contributed by atoms with Crippen LogP contribution in [0, 0.1) is 6.92 Å². The number of nitrogens with one attached hydrogen (secondary N) is 1. The molecule has 0 fully saturated rings. The van der Waals surface area contributed by atoms with Gasteiger partial charge in [0.1, 0.15) is 5.49 Å². The Morgan fingerprint density at radius 1 is 0.941 bits per heavy atom. The van der Waals surface area contributed by atoms with Crippen LogP contribution in [0.1, 0.15) is 5.56 Å². The van der Waals surface area contributed by atoms with Gasteiger partial charge in [0.2, 0.25) is 0 Å². The lowest BCUT2D eigenvalue weighted by atomic mass is 10.0. The van der Waals surface area contributed by atoms with Crippen molar-refractivity contribution in [3.63, 3.8) is 0 Å². The zero-order valence-electron chi connectivity index (χ0n) is 9.99. The quantitative estimate of drug-likeness (QED) is 0.566. The Bertz CT molecular complexity index is 767. The van der Waals surface area contributed by atoms with Crippen LogP contribution >= 0.6 is 0 Å². The Morgan fingerprint density at radius 3 is 2.53 bits per heavy atom. The van der Waals surface area contributed by atoms with Crippen molar-refractivity contribution >= 4 is 21.7 Å². The van der Waals surface area contributed by atoms with Gasteiger partial charge in [-0.1, -0.05) is 36.4 Å². The molecule has 0 bridgehead atoms. The molecule has 3 rings (SSSR count). The first kappa shape index (κ1) is 10.1. The van der Waals surface area contributed by atoms with Crippen LogP contribution in [0.5, 0.6) is 0 Å². The van der Waals surface area contributed by atoms with Gasteiger partial charge in [-0.2, -0.15) is 0 Å². The number of aromatic amines is 1. The maximum absolute atomic E-state index is 4.35. The lowest BCUT2D eigenvalue weighted by Crippen LogP contribution is -2.10. The first-order chi connectivity index (χ1) is 8.31. The van der Waals surface area contributed by atoms with Crippen molar-refractivity contribution in [2.75, 3.05) is 7.05 Å². The number of rotatable bonds is 0. The maximum Gasteiger partial charge on any atom is 0.133 e. The van der Waals surface area contributed by atoms with Gasteiger partial charge in [-0.3, -0.25) is 4.99 Å². The second-order valence-corrected chi connectivity index (χ2v) is 4.24. The summed E-state index contributed by atoms with van der Waals surface area (Å²) in [6, 6.07) is 14.7. The molecule has 0 saturated carbocycles. The van der Waals surface area contributed by atoms with Crippen LogP contribution < -0.4 is 5.49 Å². The van der Waals surface area contributed by atoms with Crippen molar-refractivity contribution in [2.45, 2.75) is 6.92 Å². The predicted molar refractivity (Wildman–Crippen MR) is 72.0 cm³/mol. The monoisotopic (exact) mass is 222 g/mol. The summed E-state index contributed by atoms with van der Waals surface area (Å²) in [4.78, 5) is 7.75. The van der Waals surface area contributed by atoms with E-state index in [4.69, 9.17) is 0 Å². The summed E-state index contributed by atoms with van der Waals surface area (Å²) in [7, 11) is 1.83. The van der Waals surface area contributed by atoms with Crippen molar-refractivity contribution in [2.24, 2.45) is 4.99 Å². The maximum atomic E-state index is 4.35. The van der Waals surface area contributed by atoms with E-state index in [-0.39, 0.29) is 0 Å². The summed E-state index contributed by atoms with van der Waals surface area (Å²) in [6.45, 7) is 2.12. The number of benzene rings is 2. The minimum Gasteiger partial charge on any atom is -0.340 e. The van der Waals surface area contributed by atoms with E-state index < -0.39 is 0 Å². The SMILES string of the molecule is C/N=c1/[nH]c2ccccc2c2cccc(C)c12. The minimum atomic E-state index is 0.955. The number of pyridine rings is 1. The molecule has 17 heavy (non-hydrogen) atoms. The van der Waals surface area contributed by atoms with Gasteiger partial charge in [-0.25, -0.2) is 0 Å². The molecular formula is C15H14N2. The number of H-pyrrole nitrogens is 1. The highest BCUT2D eigenvalue weighted by molar-refractivity contribution is 6.06. The van der Waals surface area contributed by atoms with Gasteiger partial charge < -0.3 is 4.98 Å². The van der Waals surface area contributed by atoms with Crippen LogP contribution in [0.15, 0.2) is 47.5 Å². The molecule has 0 saturated heterocycles. The van der Waals surface area contributed by atoms with E-state index in [1.807, 2.05) is 13.1 Å². The van der Waals surface area contributed by atoms with Crippen LogP contribution in [0.25, 0.3) is 21.7 Å². The highest BCUT2D eigenvalue weighted by Gasteiger charge is 2.04. The average Bonchev–Trinajstić information content (AvgIpc) is 2.38. The van der Waals surface area contributed by atoms with Crippen LogP contribution in [0.4, 0.5) is 0 Å². The highest BCUT2D eigenvalue weighted by atomic mass is 14.8. The van der Waals surface area contributed by atoms with Gasteiger partial charge >= 0.3 is 0 Å². The molecule has 0 aliphatic carbocycles. The second-order valence-electron chi connectivity index (χ2n) is 4.24. The van der Waals surface area contributed by atoms with Crippen molar-refractivity contribution in [1.29, 1.82) is 0 Å². The molecule has 84 valence electrons. The van der Waals surface area contributed by atoms with Crippen LogP contribution in [0.3, 0.4) is 0 Å². The van der Waals surface area contributed by atoms with Crippen molar-refractivity contribution in [3.05, 3.63) is 53.5 Å². The molecule has 0 aliphatic heterocycles. The third-order valence-corrected chi connectivity index (χ3v) is 3.20. The van der Waals surface area contributed by atoms with Gasteiger partial charge in [0.15, 0.2) is 0 Å². The number of para-hydroxylation sites is 1. The van der Waals surface area contributed by atoms with Gasteiger partial charge in [-0.05, 0) is 23.9 Å². The molecule has 0 aliphatic rings. The summed E-state index contributed by atoms with van der Waals surface area (Å²) in [5.41, 5.74) is 3.34. The number of aryl methyl sites for hydroxylation is 1. The first-order valence-corrected chi connectivity index (χ1v) is 5.74. The van der Waals surface area contributed by atoms with E-state index in [1.54, 1.807) is 0 Å². The van der Waals surface area contributed by atoms with E-state index in [9.17, 15) is 0 Å². The average molecular weight is 222 g/mol. The van der Waals surface area contributed by atoms with Gasteiger partial charge in [0.05, 0.1) is 0 Å². The van der Waals surface area contributed by atoms with Crippen molar-refractivity contribution in [3.8, 4) is 0 Å². The summed E-state index contributed by atoms with van der Waals surface area (Å²) in [5.74, 6) is 0. The number of hydrogen-bond donors (Lipinski definition) is 1. The van der Waals surface area contributed by atoms with Crippen LogP contribution in [0.2, 0.25) is 0 Å². The Labute approximate surface area is 99.6 Å². The molecule has 0 atom stereocenters. The molecule has 1 N–H and O–H groups in total.